The number of methoxy groups -OCH3 is 2. The Kier molecular flexibility index (Phi) is 15.5. The third kappa shape index (κ3) is 11.4. The molecule has 68 heavy (non-hydrogen) atoms. The lowest BCUT2D eigenvalue weighted by Crippen LogP contribution is -2.31. The van der Waals surface area contributed by atoms with Gasteiger partial charge >= 0.3 is 0 Å². The van der Waals surface area contributed by atoms with E-state index in [-0.39, 0.29) is 47.4 Å². The van der Waals surface area contributed by atoms with Crippen LogP contribution in [-0.4, -0.2) is 131 Å². The van der Waals surface area contributed by atoms with Crippen LogP contribution in [0.15, 0.2) is 24.8 Å². The van der Waals surface area contributed by atoms with Gasteiger partial charge in [0.05, 0.1) is 60.2 Å². The second-order valence-electron chi connectivity index (χ2n) is 18.7. The van der Waals surface area contributed by atoms with E-state index in [1.54, 1.807) is 13.8 Å². The molecule has 6 heterocycles. The number of hydrogen-bond acceptors (Lipinski definition) is 18. The van der Waals surface area contributed by atoms with Crippen LogP contribution in [0.4, 0.5) is 0 Å². The molecule has 0 spiro atoms. The van der Waals surface area contributed by atoms with Gasteiger partial charge in [-0.05, 0) is 88.9 Å². The van der Waals surface area contributed by atoms with Crippen LogP contribution in [0.5, 0.6) is 0 Å². The topological polar surface area (TPSA) is 237 Å². The maximum Gasteiger partial charge on any atom is 0.164 e. The van der Waals surface area contributed by atoms with Crippen molar-refractivity contribution < 1.29 is 45.3 Å². The number of halogens is 2. The quantitative estimate of drug-likeness (QED) is 0.103. The van der Waals surface area contributed by atoms with Crippen LogP contribution in [-0.2, 0) is 59.6 Å². The molecule has 4 aromatic rings. The van der Waals surface area contributed by atoms with Gasteiger partial charge in [-0.1, -0.05) is 23.2 Å². The van der Waals surface area contributed by atoms with Crippen LogP contribution in [0.2, 0.25) is 10.0 Å². The molecule has 4 saturated carbocycles. The number of aromatic nitrogens is 10. The Balaban J connectivity index is 0.000000170. The molecule has 2 saturated heterocycles. The summed E-state index contributed by atoms with van der Waals surface area (Å²) in [6, 6.07) is 0.405. The van der Waals surface area contributed by atoms with E-state index in [0.717, 1.165) is 51.4 Å². The normalized spacial score (nSPS) is 23.2. The first kappa shape index (κ1) is 49.7. The van der Waals surface area contributed by atoms with Crippen molar-refractivity contribution >= 4 is 42.9 Å². The molecule has 2 aliphatic heterocycles. The van der Waals surface area contributed by atoms with Crippen molar-refractivity contribution in [3.8, 4) is 0 Å². The molecule has 0 N–H and O–H groups in total. The maximum atomic E-state index is 13.6. The van der Waals surface area contributed by atoms with Gasteiger partial charge in [0.1, 0.15) is 47.6 Å². The Morgan fingerprint density at radius 1 is 0.574 bits per heavy atom. The van der Waals surface area contributed by atoms with E-state index in [4.69, 9.17) is 51.6 Å². The summed E-state index contributed by atoms with van der Waals surface area (Å²) in [7, 11) is -4.50. The minimum absolute atomic E-state index is 0.203. The summed E-state index contributed by atoms with van der Waals surface area (Å²) in [5, 5.41) is 16.6. The molecule has 0 aromatic carbocycles. The van der Waals surface area contributed by atoms with Crippen molar-refractivity contribution in [3.63, 3.8) is 0 Å². The first-order chi connectivity index (χ1) is 32.8. The Morgan fingerprint density at radius 2 is 0.912 bits per heavy atom. The summed E-state index contributed by atoms with van der Waals surface area (Å²) < 4.78 is 92.5. The molecule has 6 fully saturated rings. The molecule has 0 amide bonds. The lowest BCUT2D eigenvalue weighted by molar-refractivity contribution is -0.0954. The summed E-state index contributed by atoms with van der Waals surface area (Å²) in [5.41, 5.74) is 0. The van der Waals surface area contributed by atoms with Crippen LogP contribution in [0.25, 0.3) is 0 Å². The third-order valence-electron chi connectivity index (χ3n) is 13.8. The highest BCUT2D eigenvalue weighted by Crippen LogP contribution is 2.54. The predicted octanol–water partition coefficient (Wildman–Crippen LogP) is 5.72. The fourth-order valence-electron chi connectivity index (χ4n) is 9.55. The van der Waals surface area contributed by atoms with Crippen molar-refractivity contribution in [2.75, 3.05) is 53.9 Å². The van der Waals surface area contributed by atoms with Gasteiger partial charge < -0.3 is 37.6 Å². The first-order valence-electron chi connectivity index (χ1n) is 23.5. The highest BCUT2D eigenvalue weighted by Gasteiger charge is 2.48. The molecule has 0 bridgehead atoms. The number of nitrogens with zero attached hydrogens (tertiary/aromatic N) is 10. The lowest BCUT2D eigenvalue weighted by Gasteiger charge is -2.28. The summed E-state index contributed by atoms with van der Waals surface area (Å²) in [6.45, 7) is 6.06. The maximum absolute atomic E-state index is 13.6. The van der Waals surface area contributed by atoms with E-state index in [1.165, 1.54) is 39.0 Å². The molecule has 10 rings (SSSR count). The summed E-state index contributed by atoms with van der Waals surface area (Å²) in [4.78, 5) is 16.7. The molecule has 24 heteroatoms. The minimum atomic E-state index is -3.70. The summed E-state index contributed by atoms with van der Waals surface area (Å²) in [6.07, 6.45) is 12.5. The van der Waals surface area contributed by atoms with Crippen molar-refractivity contribution in [1.82, 2.24) is 49.5 Å². The largest absolute Gasteiger partial charge is 0.376 e. The lowest BCUT2D eigenvalue weighted by atomic mass is 10.1. The number of rotatable bonds is 20. The Bertz CT molecular complexity index is 2350. The molecule has 4 aliphatic carbocycles. The van der Waals surface area contributed by atoms with Crippen LogP contribution in [0, 0.1) is 23.7 Å². The van der Waals surface area contributed by atoms with Gasteiger partial charge in [0.25, 0.3) is 0 Å². The van der Waals surface area contributed by atoms with Crippen molar-refractivity contribution in [3.05, 3.63) is 69.8 Å². The Morgan fingerprint density at radius 3 is 1.19 bits per heavy atom. The Hall–Kier alpha value is -3.32. The van der Waals surface area contributed by atoms with Gasteiger partial charge in [0.2, 0.25) is 0 Å². The summed E-state index contributed by atoms with van der Waals surface area (Å²) >= 11 is 11.8. The zero-order valence-corrected chi connectivity index (χ0v) is 41.8. The van der Waals surface area contributed by atoms with E-state index in [1.807, 2.05) is 0 Å². The SMILES string of the molecule is CO[C@H](c1ncc(Cl)cn1)[C@H](C)S(=O)(=O)Cc1nnc([C@@H]2COCCO2)n1C(C1CC1)C1CC1.CO[C@H](c1ncc(Cl)cn1)[C@H](C)S(=O)(=O)Cc1nnc([C@H]2COCCO2)n1C(C1CC1)C1CC1. The van der Waals surface area contributed by atoms with E-state index in [9.17, 15) is 16.8 Å². The van der Waals surface area contributed by atoms with Gasteiger partial charge in [0, 0.05) is 51.1 Å². The molecule has 4 aromatic heterocycles. The van der Waals surface area contributed by atoms with E-state index >= 15 is 0 Å². The zero-order chi connectivity index (χ0) is 47.7. The van der Waals surface area contributed by atoms with Crippen molar-refractivity contribution in [2.45, 2.75) is 124 Å². The molecule has 6 aliphatic rings. The molecule has 20 nitrogen and oxygen atoms in total. The van der Waals surface area contributed by atoms with E-state index in [0.29, 0.717) is 96.7 Å². The predicted molar refractivity (Wildman–Crippen MR) is 246 cm³/mol. The van der Waals surface area contributed by atoms with Crippen LogP contribution < -0.4 is 0 Å². The second-order valence-corrected chi connectivity index (χ2v) is 24.3. The van der Waals surface area contributed by atoms with Gasteiger partial charge in [-0.3, -0.25) is 0 Å². The molecule has 6 atom stereocenters. The number of hydrogen-bond donors (Lipinski definition) is 0. The Labute approximate surface area is 406 Å². The van der Waals surface area contributed by atoms with E-state index < -0.39 is 42.4 Å². The third-order valence-corrected chi connectivity index (χ3v) is 18.2. The van der Waals surface area contributed by atoms with Crippen molar-refractivity contribution in [2.24, 2.45) is 23.7 Å². The smallest absolute Gasteiger partial charge is 0.164 e. The average molecular weight is 1020 g/mol. The average Bonchev–Trinajstić information content (AvgIpc) is 4.10. The van der Waals surface area contributed by atoms with Gasteiger partial charge in [0.15, 0.2) is 43.0 Å². The highest BCUT2D eigenvalue weighted by atomic mass is 35.5. The number of ether oxygens (including phenoxy) is 6. The molecule has 0 radical (unpaired) electrons. The summed E-state index contributed by atoms with van der Waals surface area (Å²) in [5.74, 6) is 4.39. The van der Waals surface area contributed by atoms with E-state index in [2.05, 4.69) is 49.5 Å². The van der Waals surface area contributed by atoms with Crippen LogP contribution >= 0.6 is 23.2 Å². The van der Waals surface area contributed by atoms with Crippen molar-refractivity contribution in [1.29, 1.82) is 0 Å². The molecular weight excluding hydrogens is 964 g/mol. The standard InChI is InChI=1S/2C22H30ClN5O5S/c2*1-13(20(31-2)21-24-9-16(23)10-25-21)34(29,30)12-18-26-27-22(17-11-32-7-8-33-17)28(18)19(14-3-4-14)15-5-6-15/h2*9-10,13-15,17,19-20H,3-8,11-12H2,1-2H3/t13-,17+,20-;13-,17-,20-/m00/s1. The number of sulfone groups is 2. The van der Waals surface area contributed by atoms with Gasteiger partial charge in [-0.2, -0.15) is 0 Å². The van der Waals surface area contributed by atoms with Gasteiger partial charge in [-0.15, -0.1) is 20.4 Å². The van der Waals surface area contributed by atoms with Crippen LogP contribution in [0.3, 0.4) is 0 Å². The monoisotopic (exact) mass is 1020 g/mol. The fraction of sp³-hybridized carbons (Fsp3) is 0.727. The molecule has 0 unspecified atom stereocenters. The highest BCUT2D eigenvalue weighted by molar-refractivity contribution is 7.91. The van der Waals surface area contributed by atoms with Gasteiger partial charge in [-0.25, -0.2) is 36.8 Å². The fourth-order valence-corrected chi connectivity index (χ4v) is 12.6. The molecule has 372 valence electrons. The minimum Gasteiger partial charge on any atom is -0.376 e. The van der Waals surface area contributed by atoms with Crippen LogP contribution in [0.1, 0.15) is 137 Å². The first-order valence-corrected chi connectivity index (χ1v) is 27.7. The zero-order valence-electron chi connectivity index (χ0n) is 38.7. The second kappa shape index (κ2) is 21.2. The molecular formula is C44H60Cl2N10O10S2.